The molecule has 0 bridgehead atoms. The van der Waals surface area contributed by atoms with Crippen LogP contribution in [0.3, 0.4) is 0 Å². The summed E-state index contributed by atoms with van der Waals surface area (Å²) in [5.41, 5.74) is -3.03. The van der Waals surface area contributed by atoms with E-state index in [1.165, 1.54) is 88.7 Å². The van der Waals surface area contributed by atoms with E-state index in [0.29, 0.717) is 30.1 Å². The molecule has 8 heterocycles. The van der Waals surface area contributed by atoms with Gasteiger partial charge in [-0.25, -0.2) is 4.39 Å². The van der Waals surface area contributed by atoms with Crippen LogP contribution >= 0.6 is 84.0 Å². The molecule has 25 heteroatoms. The molecule has 0 aliphatic heterocycles. The minimum absolute atomic E-state index is 0. The molecule has 0 fully saturated rings. The molecule has 4 aromatic carbocycles. The molecular weight excluding hydrogens is 1710 g/mol. The van der Waals surface area contributed by atoms with Crippen LogP contribution < -0.4 is 28.3 Å². The van der Waals surface area contributed by atoms with Crippen LogP contribution in [-0.2, 0) is 32.5 Å². The molecule has 0 atom stereocenters. The van der Waals surface area contributed by atoms with Crippen molar-refractivity contribution in [2.45, 2.75) is 220 Å². The number of furan rings is 2. The quantitative estimate of drug-likeness (QED) is 0.0695. The van der Waals surface area contributed by atoms with Gasteiger partial charge in [0, 0.05) is 111 Å². The second-order valence-electron chi connectivity index (χ2n) is 35.0. The van der Waals surface area contributed by atoms with Gasteiger partial charge in [0.25, 0.3) is 0 Å². The molecule has 118 heavy (non-hydrogen) atoms. The van der Waals surface area contributed by atoms with E-state index in [1.807, 2.05) is 146 Å². The van der Waals surface area contributed by atoms with Crippen molar-refractivity contribution in [1.82, 2.24) is 0 Å². The van der Waals surface area contributed by atoms with Crippen LogP contribution in [0.4, 0.5) is 57.1 Å². The molecule has 0 radical (unpaired) electrons. The first kappa shape index (κ1) is 95.2. The molecule has 4 nitrogen and oxygen atoms in total. The monoisotopic (exact) mass is 1800 g/mol. The number of unbranched alkanes of at least 4 members (excludes halogenated alkanes) is 1. The van der Waals surface area contributed by atoms with Gasteiger partial charge in [0.15, 0.2) is 5.83 Å². The van der Waals surface area contributed by atoms with E-state index in [2.05, 4.69) is 74.8 Å². The van der Waals surface area contributed by atoms with Gasteiger partial charge in [0.1, 0.15) is 34.2 Å². The summed E-state index contributed by atoms with van der Waals surface area (Å²) in [6.07, 6.45) is 2.28. The molecule has 8 aromatic heterocycles. The molecular formula is C93H97BrF13LiO4S6. The zero-order chi connectivity index (χ0) is 85.9. The van der Waals surface area contributed by atoms with E-state index >= 15 is 26.3 Å². The summed E-state index contributed by atoms with van der Waals surface area (Å²) in [7, 11) is 3.07. The summed E-state index contributed by atoms with van der Waals surface area (Å²) in [6.45, 7) is 42.4. The summed E-state index contributed by atoms with van der Waals surface area (Å²) in [5, 5.41) is 1.03. The number of hydrogen-bond donors (Lipinski definition) is 0. The molecule has 0 saturated carbocycles. The molecule has 0 spiro atoms. The Morgan fingerprint density at radius 3 is 1.05 bits per heavy atom. The van der Waals surface area contributed by atoms with Gasteiger partial charge in [-0.15, -0.1) is 68.0 Å². The number of alkyl halides is 12. The third-order valence-corrected chi connectivity index (χ3v) is 29.8. The van der Waals surface area contributed by atoms with E-state index in [-0.39, 0.29) is 96.4 Å². The Bertz CT molecular complexity index is 5650. The number of thiophene rings is 6. The second-order valence-corrected chi connectivity index (χ2v) is 42.3. The first-order valence-corrected chi connectivity index (χ1v) is 43.2. The molecule has 12 aromatic rings. The van der Waals surface area contributed by atoms with Gasteiger partial charge >= 0.3 is 54.4 Å². The largest absolute Gasteiger partial charge is 1.00 e. The first-order valence-electron chi connectivity index (χ1n) is 37.5. The number of ether oxygens (including phenoxy) is 2. The smallest absolute Gasteiger partial charge is 0.497 e. The van der Waals surface area contributed by atoms with Crippen molar-refractivity contribution in [3.8, 4) is 73.2 Å². The third-order valence-electron chi connectivity index (χ3n) is 19.9. The third kappa shape index (κ3) is 17.8. The fraction of sp³-hybridized carbons (Fsp3) is 0.387. The first-order chi connectivity index (χ1) is 53.5. The predicted molar refractivity (Wildman–Crippen MR) is 470 cm³/mol. The summed E-state index contributed by atoms with van der Waals surface area (Å²) in [5.74, 6) is -34.3. The van der Waals surface area contributed by atoms with Crippen molar-refractivity contribution >= 4 is 123 Å². The Morgan fingerprint density at radius 2 is 0.703 bits per heavy atom. The van der Waals surface area contributed by atoms with Crippen molar-refractivity contribution in [3.63, 3.8) is 0 Å². The molecule has 0 saturated heterocycles. The number of allylic oxidation sites excluding steroid dienone is 4. The van der Waals surface area contributed by atoms with Crippen LogP contribution in [0.1, 0.15) is 199 Å². The van der Waals surface area contributed by atoms with Crippen molar-refractivity contribution in [2.24, 2.45) is 0 Å². The molecule has 14 rings (SSSR count). The van der Waals surface area contributed by atoms with Crippen LogP contribution in [0, 0.1) is 6.92 Å². The summed E-state index contributed by atoms with van der Waals surface area (Å²) in [6, 6.07) is 42.5. The number of hydrogen-bond acceptors (Lipinski definition) is 10. The van der Waals surface area contributed by atoms with Crippen LogP contribution in [0.5, 0.6) is 11.5 Å². The van der Waals surface area contributed by atoms with E-state index in [9.17, 15) is 30.7 Å². The summed E-state index contributed by atoms with van der Waals surface area (Å²) in [4.78, 5) is 7.33. The zero-order valence-corrected chi connectivity index (χ0v) is 75.8. The number of benzene rings is 4. The van der Waals surface area contributed by atoms with Gasteiger partial charge in [-0.2, -0.15) is 59.1 Å². The van der Waals surface area contributed by atoms with Gasteiger partial charge < -0.3 is 25.2 Å². The van der Waals surface area contributed by atoms with Crippen LogP contribution in [0.15, 0.2) is 165 Å². The number of fused-ring (bicyclic) bond motifs is 2. The topological polar surface area (TPSA) is 44.7 Å². The molecule has 0 N–H and O–H groups in total. The van der Waals surface area contributed by atoms with E-state index < -0.39 is 69.2 Å². The maximum atomic E-state index is 16.8. The predicted octanol–water partition coefficient (Wildman–Crippen LogP) is 31.2. The molecule has 2 aliphatic rings. The van der Waals surface area contributed by atoms with Gasteiger partial charge in [0.05, 0.1) is 34.0 Å². The normalized spacial score (nSPS) is 16.2. The number of methoxy groups -OCH3 is 2. The van der Waals surface area contributed by atoms with Crippen LogP contribution in [-0.4, -0.2) is 49.8 Å². The zero-order valence-electron chi connectivity index (χ0n) is 69.4. The van der Waals surface area contributed by atoms with Crippen LogP contribution in [0.2, 0.25) is 0 Å². The molecule has 628 valence electrons. The summed E-state index contributed by atoms with van der Waals surface area (Å²) < 4.78 is 224. The Labute approximate surface area is 728 Å². The fourth-order valence-electron chi connectivity index (χ4n) is 13.0. The van der Waals surface area contributed by atoms with Crippen molar-refractivity contribution in [3.05, 3.63) is 210 Å². The van der Waals surface area contributed by atoms with E-state index in [1.54, 1.807) is 55.6 Å². The second kappa shape index (κ2) is 33.9. The standard InChI is InChI=1S/C44H42F6O2S3.C25H23F7S3.C19H19BrO2.C4H9.CH4.Li/c1-39(2,3)24-13-11-23(12-14-24)37-34(26-16-15-25(51-10)21-28(26)52-37)36-35(42(45,46)44(49,50)43(36,47)48)27-22-31(29-17-19-32(53-29)40(4,5)6)55-38(27)30-18-20-33(54-30)41(7,8)9;1-21(2,3)16-9-7-13(33-16)15-11-12(18-20(26)24(29,30)25(31,32)23(18,27)28)19(35-15)14-8-10-17(34-14)22(4,5)6;1-19(2,3)13-7-5-12(6-8-13)18-17(20)15-10-9-14(21-4)11-16(15)22-18;1-3-4-2;;/h11-22H,1-10H3;7-11H,1-6H3;5-11H,1-4H3;1,3-4H2,2H3;1H4;/q;;;-1;;+1. The minimum Gasteiger partial charge on any atom is -0.497 e. The maximum absolute atomic E-state index is 16.8. The number of halogens is 14. The van der Waals surface area contributed by atoms with Gasteiger partial charge in [-0.1, -0.05) is 194 Å². The number of rotatable bonds is 12. The maximum Gasteiger partial charge on any atom is 1.00 e. The van der Waals surface area contributed by atoms with Crippen molar-refractivity contribution in [1.29, 1.82) is 0 Å². The Balaban J connectivity index is 0.000000215. The Hall–Kier alpha value is -6.59. The Morgan fingerprint density at radius 1 is 0.381 bits per heavy atom. The Kier molecular flexibility index (Phi) is 27.4. The summed E-state index contributed by atoms with van der Waals surface area (Å²) >= 11 is 11.2. The molecule has 0 unspecified atom stereocenters. The van der Waals surface area contributed by atoms with Gasteiger partial charge in [0.2, 0.25) is 0 Å². The van der Waals surface area contributed by atoms with Crippen molar-refractivity contribution in [2.75, 3.05) is 14.2 Å². The fourth-order valence-corrected chi connectivity index (χ4v) is 20.6. The minimum atomic E-state index is -5.88. The molecule has 0 amide bonds. The average Bonchev–Trinajstić information content (AvgIpc) is 1.52. The average molecular weight is 1810 g/mol. The van der Waals surface area contributed by atoms with Crippen molar-refractivity contribution < 1.29 is 94.2 Å². The van der Waals surface area contributed by atoms with Gasteiger partial charge in [-0.3, -0.25) is 0 Å². The SMILES string of the molecule is C.CC(C)(C)c1ccc(-c2cc(C3=C(F)C(F)(F)C(F)(F)C3(F)F)c(-c3ccc(C(C)(C)C)s3)s2)s1.COc1ccc2c(Br)c(-c3ccc(C(C)(C)C)cc3)oc2c1.COc1ccc2c(C3=C(c4cc(-c5ccc(C(C)(C)C)s5)sc4-c4ccc(C(C)(C)C)s4)C(F)(F)C(F)(F)C3(F)F)c(-c3ccc(C(C)(C)C)cc3)oc2c1.[CH2-]CCC.[Li+]. The van der Waals surface area contributed by atoms with E-state index in [0.717, 1.165) is 97.6 Å². The van der Waals surface area contributed by atoms with Gasteiger partial charge in [-0.05, 0) is 144 Å². The molecule has 2 aliphatic carbocycles. The van der Waals surface area contributed by atoms with E-state index in [4.69, 9.17) is 18.3 Å². The van der Waals surface area contributed by atoms with Crippen LogP contribution in [0.25, 0.3) is 100 Å².